The van der Waals surface area contributed by atoms with Crippen LogP contribution < -0.4 is 9.47 Å². The van der Waals surface area contributed by atoms with Gasteiger partial charge in [-0.05, 0) is 25.1 Å². The van der Waals surface area contributed by atoms with Gasteiger partial charge in [-0.1, -0.05) is 0 Å². The molecule has 1 rings (SSSR count). The van der Waals surface area contributed by atoms with Crippen molar-refractivity contribution < 1.29 is 14.4 Å². The number of rotatable bonds is 5. The van der Waals surface area contributed by atoms with E-state index in [2.05, 4.69) is 0 Å². The average molecular weight is 223 g/mol. The fourth-order valence-electron chi connectivity index (χ4n) is 1.21. The maximum atomic E-state index is 10.2. The van der Waals surface area contributed by atoms with Crippen molar-refractivity contribution >= 4 is 6.08 Å². The Morgan fingerprint density at radius 1 is 1.50 bits per heavy atom. The molecule has 0 aliphatic heterocycles. The first-order valence-corrected chi connectivity index (χ1v) is 4.80. The highest BCUT2D eigenvalue weighted by Crippen LogP contribution is 2.25. The van der Waals surface area contributed by atoms with Crippen LogP contribution in [0.4, 0.5) is 0 Å². The third-order valence-corrected chi connectivity index (χ3v) is 1.89. The summed E-state index contributed by atoms with van der Waals surface area (Å²) >= 11 is 0. The Hall–Kier alpha value is -2.04. The van der Waals surface area contributed by atoms with Crippen molar-refractivity contribution in [2.45, 2.75) is 6.92 Å². The number of nitro groups is 1. The topological polar surface area (TPSA) is 61.6 Å². The Balaban J connectivity index is 3.04. The van der Waals surface area contributed by atoms with Crippen LogP contribution in [0.25, 0.3) is 6.08 Å². The predicted molar refractivity (Wildman–Crippen MR) is 60.2 cm³/mol. The summed E-state index contributed by atoms with van der Waals surface area (Å²) in [5.41, 5.74) is 0.623. The van der Waals surface area contributed by atoms with E-state index in [9.17, 15) is 10.1 Å². The molecule has 1 aromatic carbocycles. The molecule has 0 saturated carbocycles. The number of ether oxygens (including phenoxy) is 2. The van der Waals surface area contributed by atoms with Crippen molar-refractivity contribution in [2.24, 2.45) is 0 Å². The minimum absolute atomic E-state index is 0.506. The summed E-state index contributed by atoms with van der Waals surface area (Å²) in [5.74, 6) is 1.23. The van der Waals surface area contributed by atoms with Crippen molar-refractivity contribution in [2.75, 3.05) is 13.7 Å². The highest BCUT2D eigenvalue weighted by Gasteiger charge is 2.03. The minimum atomic E-state index is -0.519. The molecule has 0 unspecified atom stereocenters. The van der Waals surface area contributed by atoms with Crippen LogP contribution in [0.2, 0.25) is 0 Å². The lowest BCUT2D eigenvalue weighted by Crippen LogP contribution is -1.95. The van der Waals surface area contributed by atoms with E-state index in [4.69, 9.17) is 9.47 Å². The Kier molecular flexibility index (Phi) is 4.32. The van der Waals surface area contributed by atoms with E-state index in [1.54, 1.807) is 18.2 Å². The maximum absolute atomic E-state index is 10.2. The van der Waals surface area contributed by atoms with E-state index in [0.29, 0.717) is 23.7 Å². The summed E-state index contributed by atoms with van der Waals surface area (Å²) in [5, 5.41) is 10.2. The molecular weight excluding hydrogens is 210 g/mol. The minimum Gasteiger partial charge on any atom is -0.497 e. The Labute approximate surface area is 93.4 Å². The molecule has 5 nitrogen and oxygen atoms in total. The van der Waals surface area contributed by atoms with Crippen LogP contribution in [0.5, 0.6) is 11.5 Å². The van der Waals surface area contributed by atoms with Crippen molar-refractivity contribution in [3.63, 3.8) is 0 Å². The quantitative estimate of drug-likeness (QED) is 0.567. The van der Waals surface area contributed by atoms with Gasteiger partial charge in [-0.3, -0.25) is 10.1 Å². The molecule has 0 aliphatic carbocycles. The number of nitrogens with zero attached hydrogens (tertiary/aromatic N) is 1. The first kappa shape index (κ1) is 12.0. The van der Waals surface area contributed by atoms with Gasteiger partial charge in [-0.15, -0.1) is 0 Å². The second kappa shape index (κ2) is 5.75. The number of hydrogen-bond acceptors (Lipinski definition) is 4. The molecule has 0 aromatic heterocycles. The third-order valence-electron chi connectivity index (χ3n) is 1.89. The van der Waals surface area contributed by atoms with Crippen LogP contribution in [0, 0.1) is 10.1 Å². The van der Waals surface area contributed by atoms with Crippen LogP contribution in [0.15, 0.2) is 24.4 Å². The summed E-state index contributed by atoms with van der Waals surface area (Å²) in [6.07, 6.45) is 2.25. The first-order chi connectivity index (χ1) is 7.67. The average Bonchev–Trinajstić information content (AvgIpc) is 2.28. The van der Waals surface area contributed by atoms with E-state index in [1.165, 1.54) is 13.2 Å². The van der Waals surface area contributed by atoms with Gasteiger partial charge in [0.05, 0.1) is 18.6 Å². The van der Waals surface area contributed by atoms with Gasteiger partial charge in [-0.25, -0.2) is 0 Å². The van der Waals surface area contributed by atoms with E-state index in [0.717, 1.165) is 6.20 Å². The smallest absolute Gasteiger partial charge is 0.235 e. The molecule has 0 radical (unpaired) electrons. The van der Waals surface area contributed by atoms with Crippen LogP contribution in [-0.2, 0) is 0 Å². The van der Waals surface area contributed by atoms with Crippen molar-refractivity contribution in [1.29, 1.82) is 0 Å². The van der Waals surface area contributed by atoms with Crippen molar-refractivity contribution in [3.8, 4) is 11.5 Å². The molecule has 0 fully saturated rings. The van der Waals surface area contributed by atoms with Crippen molar-refractivity contribution in [1.82, 2.24) is 0 Å². The first-order valence-electron chi connectivity index (χ1n) is 4.80. The van der Waals surface area contributed by atoms with E-state index >= 15 is 0 Å². The van der Waals surface area contributed by atoms with Crippen LogP contribution in [0.3, 0.4) is 0 Å². The second-order valence-electron chi connectivity index (χ2n) is 2.94. The van der Waals surface area contributed by atoms with Gasteiger partial charge < -0.3 is 9.47 Å². The molecule has 16 heavy (non-hydrogen) atoms. The number of hydrogen-bond donors (Lipinski definition) is 0. The Morgan fingerprint density at radius 3 is 2.81 bits per heavy atom. The summed E-state index contributed by atoms with van der Waals surface area (Å²) in [4.78, 5) is 9.72. The summed E-state index contributed by atoms with van der Waals surface area (Å²) in [6, 6.07) is 5.15. The Morgan fingerprint density at radius 2 is 2.25 bits per heavy atom. The van der Waals surface area contributed by atoms with Crippen LogP contribution >= 0.6 is 0 Å². The van der Waals surface area contributed by atoms with E-state index < -0.39 is 4.92 Å². The molecule has 0 heterocycles. The molecule has 1 aromatic rings. The maximum Gasteiger partial charge on any atom is 0.235 e. The Bertz CT molecular complexity index is 401. The standard InChI is InChI=1S/C11H13NO4/c1-3-16-11-5-4-10(15-2)8-9(11)6-7-12(13)14/h4-8H,3H2,1-2H3/b7-6+. The SMILES string of the molecule is CCOc1ccc(OC)cc1/C=C/[N+](=O)[O-]. The lowest BCUT2D eigenvalue weighted by molar-refractivity contribution is -0.400. The molecule has 86 valence electrons. The normalized spacial score (nSPS) is 10.4. The largest absolute Gasteiger partial charge is 0.497 e. The van der Waals surface area contributed by atoms with Gasteiger partial charge in [0, 0.05) is 11.6 Å². The number of methoxy groups -OCH3 is 1. The number of benzene rings is 1. The monoisotopic (exact) mass is 223 g/mol. The fourth-order valence-corrected chi connectivity index (χ4v) is 1.21. The highest BCUT2D eigenvalue weighted by atomic mass is 16.6. The van der Waals surface area contributed by atoms with E-state index in [-0.39, 0.29) is 0 Å². The zero-order valence-electron chi connectivity index (χ0n) is 9.17. The summed E-state index contributed by atoms with van der Waals surface area (Å²) in [7, 11) is 1.54. The highest BCUT2D eigenvalue weighted by molar-refractivity contribution is 5.58. The molecular formula is C11H13NO4. The molecule has 0 aliphatic rings. The molecule has 0 N–H and O–H groups in total. The third kappa shape index (κ3) is 3.27. The molecule has 0 saturated heterocycles. The lowest BCUT2D eigenvalue weighted by atomic mass is 10.2. The molecule has 0 amide bonds. The summed E-state index contributed by atoms with van der Waals surface area (Å²) in [6.45, 7) is 2.36. The fraction of sp³-hybridized carbons (Fsp3) is 0.273. The van der Waals surface area contributed by atoms with E-state index in [1.807, 2.05) is 6.92 Å². The van der Waals surface area contributed by atoms with Gasteiger partial charge in [0.2, 0.25) is 6.20 Å². The van der Waals surface area contributed by atoms with Crippen molar-refractivity contribution in [3.05, 3.63) is 40.1 Å². The van der Waals surface area contributed by atoms with Gasteiger partial charge in [0.25, 0.3) is 0 Å². The van der Waals surface area contributed by atoms with Gasteiger partial charge in [0.15, 0.2) is 0 Å². The molecule has 0 bridgehead atoms. The molecule has 0 atom stereocenters. The molecule has 5 heteroatoms. The predicted octanol–water partition coefficient (Wildman–Crippen LogP) is 2.34. The van der Waals surface area contributed by atoms with Crippen LogP contribution in [-0.4, -0.2) is 18.6 Å². The van der Waals surface area contributed by atoms with Gasteiger partial charge in [-0.2, -0.15) is 0 Å². The lowest BCUT2D eigenvalue weighted by Gasteiger charge is -2.08. The van der Waals surface area contributed by atoms with Gasteiger partial charge in [0.1, 0.15) is 11.5 Å². The van der Waals surface area contributed by atoms with Gasteiger partial charge >= 0.3 is 0 Å². The zero-order valence-corrected chi connectivity index (χ0v) is 9.17. The molecule has 0 spiro atoms. The summed E-state index contributed by atoms with van der Waals surface area (Å²) < 4.78 is 10.4. The second-order valence-corrected chi connectivity index (χ2v) is 2.94. The zero-order chi connectivity index (χ0) is 12.0. The van der Waals surface area contributed by atoms with Crippen LogP contribution in [0.1, 0.15) is 12.5 Å².